The summed E-state index contributed by atoms with van der Waals surface area (Å²) >= 11 is 3.50. The average Bonchev–Trinajstić information content (AvgIpc) is 3.08. The summed E-state index contributed by atoms with van der Waals surface area (Å²) in [6.45, 7) is 2.74. The van der Waals surface area contributed by atoms with E-state index in [1.54, 1.807) is 0 Å². The van der Waals surface area contributed by atoms with E-state index in [0.717, 1.165) is 28.0 Å². The lowest BCUT2D eigenvalue weighted by atomic mass is 10.1. The van der Waals surface area contributed by atoms with Gasteiger partial charge in [0.2, 0.25) is 0 Å². The first-order valence-corrected chi connectivity index (χ1v) is 6.99. The Bertz CT molecular complexity index is 453. The lowest BCUT2D eigenvalue weighted by molar-refractivity contribution is -0.136. The van der Waals surface area contributed by atoms with Crippen molar-refractivity contribution in [2.75, 3.05) is 6.61 Å². The Balaban J connectivity index is 2.13. The fourth-order valence-electron chi connectivity index (χ4n) is 1.88. The normalized spacial score (nSPS) is 14.6. The highest BCUT2D eigenvalue weighted by Crippen LogP contribution is 2.35. The minimum Gasteiger partial charge on any atom is -0.492 e. The maximum atomic E-state index is 10.7. The quantitative estimate of drug-likeness (QED) is 0.873. The van der Waals surface area contributed by atoms with Crippen molar-refractivity contribution in [1.29, 1.82) is 0 Å². The minimum absolute atomic E-state index is 0.135. The molecule has 3 nitrogen and oxygen atoms in total. The van der Waals surface area contributed by atoms with E-state index in [1.165, 1.54) is 12.8 Å². The molecule has 0 unspecified atom stereocenters. The Morgan fingerprint density at radius 3 is 2.83 bits per heavy atom. The SMILES string of the molecule is Cc1cc(Br)c(OCC2CC2)c(CCC(=O)O)c1. The molecule has 0 aliphatic heterocycles. The summed E-state index contributed by atoms with van der Waals surface area (Å²) in [5, 5.41) is 8.78. The second-order valence-electron chi connectivity index (χ2n) is 4.88. The standard InChI is InChI=1S/C14H17BrO3/c1-9-6-11(4-5-13(16)17)14(12(15)7-9)18-8-10-2-3-10/h6-7,10H,2-5,8H2,1H3,(H,16,17). The summed E-state index contributed by atoms with van der Waals surface area (Å²) in [4.78, 5) is 10.7. The number of hydrogen-bond donors (Lipinski definition) is 1. The van der Waals surface area contributed by atoms with Crippen LogP contribution in [-0.4, -0.2) is 17.7 Å². The third-order valence-corrected chi connectivity index (χ3v) is 3.62. The molecule has 0 amide bonds. The van der Waals surface area contributed by atoms with Crippen molar-refractivity contribution in [3.63, 3.8) is 0 Å². The van der Waals surface area contributed by atoms with E-state index in [4.69, 9.17) is 9.84 Å². The number of carboxylic acids is 1. The van der Waals surface area contributed by atoms with E-state index < -0.39 is 5.97 Å². The molecular weight excluding hydrogens is 296 g/mol. The molecule has 0 aromatic heterocycles. The smallest absolute Gasteiger partial charge is 0.303 e. The number of halogens is 1. The van der Waals surface area contributed by atoms with Gasteiger partial charge in [-0.2, -0.15) is 0 Å². The number of benzene rings is 1. The Labute approximate surface area is 115 Å². The van der Waals surface area contributed by atoms with Gasteiger partial charge in [0.25, 0.3) is 0 Å². The molecule has 18 heavy (non-hydrogen) atoms. The number of hydrogen-bond acceptors (Lipinski definition) is 2. The third-order valence-electron chi connectivity index (χ3n) is 3.03. The van der Waals surface area contributed by atoms with E-state index in [-0.39, 0.29) is 6.42 Å². The highest BCUT2D eigenvalue weighted by Gasteiger charge is 2.23. The number of carbonyl (C=O) groups is 1. The first kappa shape index (κ1) is 13.4. The molecule has 1 aliphatic rings. The molecule has 1 saturated carbocycles. The highest BCUT2D eigenvalue weighted by atomic mass is 79.9. The summed E-state index contributed by atoms with van der Waals surface area (Å²) in [5.41, 5.74) is 2.09. The molecule has 4 heteroatoms. The molecule has 1 N–H and O–H groups in total. The van der Waals surface area contributed by atoms with E-state index in [9.17, 15) is 4.79 Å². The van der Waals surface area contributed by atoms with Gasteiger partial charge in [0, 0.05) is 6.42 Å². The van der Waals surface area contributed by atoms with Crippen LogP contribution in [0.1, 0.15) is 30.4 Å². The van der Waals surface area contributed by atoms with E-state index in [1.807, 2.05) is 19.1 Å². The van der Waals surface area contributed by atoms with Crippen LogP contribution in [0.2, 0.25) is 0 Å². The largest absolute Gasteiger partial charge is 0.492 e. The summed E-state index contributed by atoms with van der Waals surface area (Å²) in [7, 11) is 0. The molecule has 0 radical (unpaired) electrons. The van der Waals surface area contributed by atoms with Crippen molar-refractivity contribution in [3.8, 4) is 5.75 Å². The molecule has 1 aliphatic carbocycles. The van der Waals surface area contributed by atoms with Gasteiger partial charge >= 0.3 is 5.97 Å². The van der Waals surface area contributed by atoms with Gasteiger partial charge in [0.15, 0.2) is 0 Å². The van der Waals surface area contributed by atoms with Crippen molar-refractivity contribution in [1.82, 2.24) is 0 Å². The monoisotopic (exact) mass is 312 g/mol. The minimum atomic E-state index is -0.777. The Hall–Kier alpha value is -1.03. The fraction of sp³-hybridized carbons (Fsp3) is 0.500. The summed E-state index contributed by atoms with van der Waals surface area (Å²) in [5.74, 6) is 0.722. The Morgan fingerprint density at radius 1 is 1.50 bits per heavy atom. The predicted octanol–water partition coefficient (Wildman–Crippen LogP) is 3.56. The molecular formula is C14H17BrO3. The maximum absolute atomic E-state index is 10.7. The lowest BCUT2D eigenvalue weighted by Gasteiger charge is -2.14. The van der Waals surface area contributed by atoms with Crippen molar-refractivity contribution in [2.24, 2.45) is 5.92 Å². The lowest BCUT2D eigenvalue weighted by Crippen LogP contribution is -2.05. The van der Waals surface area contributed by atoms with Crippen LogP contribution in [0.5, 0.6) is 5.75 Å². The van der Waals surface area contributed by atoms with Crippen molar-refractivity contribution >= 4 is 21.9 Å². The van der Waals surface area contributed by atoms with Crippen molar-refractivity contribution in [2.45, 2.75) is 32.6 Å². The van der Waals surface area contributed by atoms with Crippen LogP contribution >= 0.6 is 15.9 Å². The molecule has 1 aromatic rings. The highest BCUT2D eigenvalue weighted by molar-refractivity contribution is 9.10. The predicted molar refractivity (Wildman–Crippen MR) is 73.1 cm³/mol. The van der Waals surface area contributed by atoms with E-state index in [2.05, 4.69) is 15.9 Å². The maximum Gasteiger partial charge on any atom is 0.303 e. The molecule has 0 bridgehead atoms. The second-order valence-corrected chi connectivity index (χ2v) is 5.74. The van der Waals surface area contributed by atoms with Crippen LogP contribution in [0.4, 0.5) is 0 Å². The summed E-state index contributed by atoms with van der Waals surface area (Å²) in [6.07, 6.45) is 3.13. The van der Waals surface area contributed by atoms with Gasteiger partial charge in [-0.05, 0) is 65.2 Å². The molecule has 0 heterocycles. The molecule has 0 spiro atoms. The summed E-state index contributed by atoms with van der Waals surface area (Å²) < 4.78 is 6.76. The number of rotatable bonds is 6. The van der Waals surface area contributed by atoms with Crippen LogP contribution in [0.3, 0.4) is 0 Å². The number of aryl methyl sites for hydroxylation is 2. The van der Waals surface area contributed by atoms with Gasteiger partial charge < -0.3 is 9.84 Å². The molecule has 2 rings (SSSR count). The Morgan fingerprint density at radius 2 is 2.22 bits per heavy atom. The van der Waals surface area contributed by atoms with E-state index in [0.29, 0.717) is 12.3 Å². The Kier molecular flexibility index (Phi) is 4.27. The molecule has 1 fully saturated rings. The number of ether oxygens (including phenoxy) is 1. The first-order chi connectivity index (χ1) is 8.56. The first-order valence-electron chi connectivity index (χ1n) is 6.20. The van der Waals surface area contributed by atoms with Gasteiger partial charge in [-0.25, -0.2) is 0 Å². The molecule has 98 valence electrons. The fourth-order valence-corrected chi connectivity index (χ4v) is 2.61. The van der Waals surface area contributed by atoms with Crippen LogP contribution in [-0.2, 0) is 11.2 Å². The van der Waals surface area contributed by atoms with Crippen molar-refractivity contribution < 1.29 is 14.6 Å². The number of aliphatic carboxylic acids is 1. The van der Waals surface area contributed by atoms with Gasteiger partial charge in [0.05, 0.1) is 11.1 Å². The van der Waals surface area contributed by atoms with Gasteiger partial charge in [-0.3, -0.25) is 4.79 Å². The molecule has 0 saturated heterocycles. The van der Waals surface area contributed by atoms with Crippen molar-refractivity contribution in [3.05, 3.63) is 27.7 Å². The number of carboxylic acid groups (broad SMARTS) is 1. The van der Waals surface area contributed by atoms with Crippen LogP contribution < -0.4 is 4.74 Å². The van der Waals surface area contributed by atoms with Crippen LogP contribution in [0.15, 0.2) is 16.6 Å². The average molecular weight is 313 g/mol. The molecule has 0 atom stereocenters. The van der Waals surface area contributed by atoms with Crippen LogP contribution in [0.25, 0.3) is 0 Å². The zero-order chi connectivity index (χ0) is 13.1. The zero-order valence-electron chi connectivity index (χ0n) is 10.4. The zero-order valence-corrected chi connectivity index (χ0v) is 12.0. The summed E-state index contributed by atoms with van der Waals surface area (Å²) in [6, 6.07) is 4.02. The van der Waals surface area contributed by atoms with Crippen LogP contribution in [0, 0.1) is 12.8 Å². The topological polar surface area (TPSA) is 46.5 Å². The third kappa shape index (κ3) is 3.73. The second kappa shape index (κ2) is 5.74. The van der Waals surface area contributed by atoms with Gasteiger partial charge in [-0.1, -0.05) is 6.07 Å². The van der Waals surface area contributed by atoms with Gasteiger partial charge in [-0.15, -0.1) is 0 Å². The molecule has 1 aromatic carbocycles. The van der Waals surface area contributed by atoms with E-state index >= 15 is 0 Å². The van der Waals surface area contributed by atoms with Gasteiger partial charge in [0.1, 0.15) is 5.75 Å².